The number of carbonyl (C=O) groups is 1. The number of carbonyl (C=O) groups excluding carboxylic acids is 1. The van der Waals surface area contributed by atoms with Crippen molar-refractivity contribution < 1.29 is 9.90 Å². The Morgan fingerprint density at radius 3 is 2.69 bits per heavy atom. The van der Waals surface area contributed by atoms with Crippen molar-refractivity contribution in [1.29, 1.82) is 0 Å². The van der Waals surface area contributed by atoms with Crippen LogP contribution in [0.2, 0.25) is 0 Å². The summed E-state index contributed by atoms with van der Waals surface area (Å²) in [6, 6.07) is 0. The molecule has 0 aliphatic carbocycles. The van der Waals surface area contributed by atoms with Crippen LogP contribution in [-0.4, -0.2) is 30.7 Å². The molecule has 0 heterocycles. The van der Waals surface area contributed by atoms with Crippen molar-refractivity contribution in [1.82, 2.24) is 5.32 Å². The molecule has 0 aliphatic heterocycles. The minimum absolute atomic E-state index is 0.0199. The van der Waals surface area contributed by atoms with E-state index in [1.54, 1.807) is 0 Å². The smallest absolute Gasteiger partial charge is 0.224 e. The van der Waals surface area contributed by atoms with Gasteiger partial charge in [-0.1, -0.05) is 6.92 Å². The molecular weight excluding hydrogens is 168 g/mol. The highest BCUT2D eigenvalue weighted by atomic mass is 16.2. The number of hydrogen-bond donors (Lipinski definition) is 3. The maximum absolute atomic E-state index is 11.2. The van der Waals surface area contributed by atoms with Crippen molar-refractivity contribution in [2.45, 2.75) is 26.2 Å². The van der Waals surface area contributed by atoms with Gasteiger partial charge in [0.1, 0.15) is 0 Å². The van der Waals surface area contributed by atoms with Gasteiger partial charge in [0.15, 0.2) is 0 Å². The molecule has 0 aliphatic rings. The summed E-state index contributed by atoms with van der Waals surface area (Å²) >= 11 is 0. The van der Waals surface area contributed by atoms with Crippen LogP contribution in [0.15, 0.2) is 0 Å². The molecule has 0 rings (SSSR count). The molecule has 0 aromatic heterocycles. The topological polar surface area (TPSA) is 75.4 Å². The summed E-state index contributed by atoms with van der Waals surface area (Å²) in [5, 5.41) is 11.3. The average Bonchev–Trinajstić information content (AvgIpc) is 2.16. The molecule has 1 amide bonds. The fourth-order valence-electron chi connectivity index (χ4n) is 0.906. The zero-order chi connectivity index (χ0) is 10.1. The van der Waals surface area contributed by atoms with Crippen LogP contribution in [0.25, 0.3) is 0 Å². The number of hydrogen-bond acceptors (Lipinski definition) is 3. The van der Waals surface area contributed by atoms with Crippen LogP contribution in [0.1, 0.15) is 26.2 Å². The van der Waals surface area contributed by atoms with Gasteiger partial charge >= 0.3 is 0 Å². The maximum atomic E-state index is 11.2. The Kier molecular flexibility index (Phi) is 7.63. The lowest BCUT2D eigenvalue weighted by Gasteiger charge is -2.09. The number of nitrogens with one attached hydrogen (secondary N) is 1. The van der Waals surface area contributed by atoms with E-state index in [-0.39, 0.29) is 18.4 Å². The van der Waals surface area contributed by atoms with E-state index in [1.165, 1.54) is 0 Å². The highest BCUT2D eigenvalue weighted by molar-refractivity contribution is 5.78. The Bertz CT molecular complexity index is 140. The van der Waals surface area contributed by atoms with Crippen molar-refractivity contribution in [2.75, 3.05) is 19.7 Å². The number of nitrogens with two attached hydrogens (primary N) is 1. The number of aliphatic hydroxyl groups is 1. The summed E-state index contributed by atoms with van der Waals surface area (Å²) in [7, 11) is 0. The van der Waals surface area contributed by atoms with Gasteiger partial charge in [-0.3, -0.25) is 4.79 Å². The first-order valence-corrected chi connectivity index (χ1v) is 4.81. The molecule has 1 atom stereocenters. The first-order valence-electron chi connectivity index (χ1n) is 4.81. The van der Waals surface area contributed by atoms with Crippen molar-refractivity contribution in [3.63, 3.8) is 0 Å². The summed E-state index contributed by atoms with van der Waals surface area (Å²) in [6.07, 6.45) is 2.68. The molecule has 0 radical (unpaired) electrons. The van der Waals surface area contributed by atoms with Gasteiger partial charge in [-0.25, -0.2) is 0 Å². The molecule has 4 N–H and O–H groups in total. The Morgan fingerprint density at radius 1 is 1.46 bits per heavy atom. The Morgan fingerprint density at radius 2 is 2.15 bits per heavy atom. The van der Waals surface area contributed by atoms with Crippen LogP contribution in [0.4, 0.5) is 0 Å². The van der Waals surface area contributed by atoms with Gasteiger partial charge < -0.3 is 16.2 Å². The van der Waals surface area contributed by atoms with E-state index in [0.29, 0.717) is 13.1 Å². The van der Waals surface area contributed by atoms with E-state index in [4.69, 9.17) is 10.8 Å². The average molecular weight is 188 g/mol. The van der Waals surface area contributed by atoms with E-state index in [0.717, 1.165) is 19.3 Å². The quantitative estimate of drug-likeness (QED) is 0.487. The number of rotatable bonds is 7. The van der Waals surface area contributed by atoms with Gasteiger partial charge in [-0.2, -0.15) is 0 Å². The fourth-order valence-corrected chi connectivity index (χ4v) is 0.906. The van der Waals surface area contributed by atoms with Crippen molar-refractivity contribution in [3.05, 3.63) is 0 Å². The van der Waals surface area contributed by atoms with Crippen molar-refractivity contribution >= 4 is 5.91 Å². The van der Waals surface area contributed by atoms with Crippen LogP contribution in [0, 0.1) is 5.92 Å². The van der Waals surface area contributed by atoms with Crippen LogP contribution < -0.4 is 11.1 Å². The first-order chi connectivity index (χ1) is 6.22. The van der Waals surface area contributed by atoms with E-state index < -0.39 is 0 Å². The van der Waals surface area contributed by atoms with Gasteiger partial charge in [0.05, 0.1) is 0 Å². The third-order valence-corrected chi connectivity index (χ3v) is 1.94. The second-order valence-corrected chi connectivity index (χ2v) is 3.21. The Labute approximate surface area is 79.5 Å². The van der Waals surface area contributed by atoms with Gasteiger partial charge in [0.25, 0.3) is 0 Å². The SMILES string of the molecule is CC(CN)C(=O)NCCCCCO. The molecule has 1 unspecified atom stereocenters. The molecule has 0 aromatic carbocycles. The molecule has 0 spiro atoms. The summed E-state index contributed by atoms with van der Waals surface area (Å²) in [5.41, 5.74) is 5.33. The van der Waals surface area contributed by atoms with Crippen molar-refractivity contribution in [2.24, 2.45) is 11.7 Å². The van der Waals surface area contributed by atoms with E-state index in [2.05, 4.69) is 5.32 Å². The zero-order valence-electron chi connectivity index (χ0n) is 8.25. The van der Waals surface area contributed by atoms with Crippen LogP contribution in [0.5, 0.6) is 0 Å². The fraction of sp³-hybridized carbons (Fsp3) is 0.889. The number of aliphatic hydroxyl groups excluding tert-OH is 1. The largest absolute Gasteiger partial charge is 0.396 e. The third kappa shape index (κ3) is 6.54. The standard InChI is InChI=1S/C9H20N2O2/c1-8(7-10)9(13)11-5-3-2-4-6-12/h8,12H,2-7,10H2,1H3,(H,11,13). The summed E-state index contributed by atoms with van der Waals surface area (Å²) < 4.78 is 0. The van der Waals surface area contributed by atoms with Gasteiger partial charge in [0, 0.05) is 25.6 Å². The van der Waals surface area contributed by atoms with Crippen LogP contribution in [0.3, 0.4) is 0 Å². The lowest BCUT2D eigenvalue weighted by molar-refractivity contribution is -0.124. The Hall–Kier alpha value is -0.610. The predicted molar refractivity (Wildman–Crippen MR) is 52.2 cm³/mol. The first kappa shape index (κ1) is 12.4. The highest BCUT2D eigenvalue weighted by Gasteiger charge is 2.08. The normalized spacial score (nSPS) is 12.5. The molecule has 4 nitrogen and oxygen atoms in total. The minimum atomic E-state index is -0.0992. The molecular formula is C9H20N2O2. The van der Waals surface area contributed by atoms with Gasteiger partial charge in [-0.05, 0) is 19.3 Å². The van der Waals surface area contributed by atoms with Crippen molar-refractivity contribution in [3.8, 4) is 0 Å². The van der Waals surface area contributed by atoms with Crippen LogP contribution >= 0.6 is 0 Å². The van der Waals surface area contributed by atoms with E-state index in [9.17, 15) is 4.79 Å². The van der Waals surface area contributed by atoms with Gasteiger partial charge in [0.2, 0.25) is 5.91 Å². The summed E-state index contributed by atoms with van der Waals surface area (Å²) in [4.78, 5) is 11.2. The lowest BCUT2D eigenvalue weighted by Crippen LogP contribution is -2.33. The second kappa shape index (κ2) is 8.01. The maximum Gasteiger partial charge on any atom is 0.224 e. The molecule has 0 saturated heterocycles. The molecule has 0 fully saturated rings. The summed E-state index contributed by atoms with van der Waals surface area (Å²) in [5.74, 6) is -0.0793. The van der Waals surface area contributed by atoms with Gasteiger partial charge in [-0.15, -0.1) is 0 Å². The Balaban J connectivity index is 3.27. The molecule has 0 bridgehead atoms. The lowest BCUT2D eigenvalue weighted by atomic mass is 10.1. The zero-order valence-corrected chi connectivity index (χ0v) is 8.25. The molecule has 13 heavy (non-hydrogen) atoms. The summed E-state index contributed by atoms with van der Waals surface area (Å²) in [6.45, 7) is 3.11. The molecule has 0 aromatic rings. The minimum Gasteiger partial charge on any atom is -0.396 e. The number of amides is 1. The predicted octanol–water partition coefficient (Wildman–Crippen LogP) is -0.140. The molecule has 4 heteroatoms. The molecule has 78 valence electrons. The van der Waals surface area contributed by atoms with E-state index in [1.807, 2.05) is 6.92 Å². The number of unbranched alkanes of at least 4 members (excludes halogenated alkanes) is 2. The monoisotopic (exact) mass is 188 g/mol. The highest BCUT2D eigenvalue weighted by Crippen LogP contribution is 1.94. The van der Waals surface area contributed by atoms with Crippen LogP contribution in [-0.2, 0) is 4.79 Å². The second-order valence-electron chi connectivity index (χ2n) is 3.21. The van der Waals surface area contributed by atoms with E-state index >= 15 is 0 Å². The third-order valence-electron chi connectivity index (χ3n) is 1.94. The molecule has 0 saturated carbocycles.